The Labute approximate surface area is 94.1 Å². The summed E-state index contributed by atoms with van der Waals surface area (Å²) in [5, 5.41) is 8.53. The molecule has 0 unspecified atom stereocenters. The van der Waals surface area contributed by atoms with Crippen LogP contribution in [0.15, 0.2) is 22.6 Å². The number of rotatable bonds is 3. The van der Waals surface area contributed by atoms with E-state index < -0.39 is 0 Å². The molecule has 1 aromatic carbocycles. The van der Waals surface area contributed by atoms with Crippen LogP contribution in [0.4, 0.5) is 5.69 Å². The number of hydrogen-bond acceptors (Lipinski definition) is 4. The first-order valence-electron chi connectivity index (χ1n) is 5.16. The largest absolute Gasteiger partial charge is 0.441 e. The van der Waals surface area contributed by atoms with Gasteiger partial charge in [-0.2, -0.15) is 5.26 Å². The highest BCUT2D eigenvalue weighted by atomic mass is 16.3. The van der Waals surface area contributed by atoms with Crippen molar-refractivity contribution in [2.45, 2.75) is 13.3 Å². The Kier molecular flexibility index (Phi) is 2.78. The van der Waals surface area contributed by atoms with Gasteiger partial charge in [0, 0.05) is 32.3 Å². The highest BCUT2D eigenvalue weighted by Crippen LogP contribution is 2.21. The Morgan fingerprint density at radius 3 is 3.06 bits per heavy atom. The molecule has 0 atom stereocenters. The molecule has 0 saturated heterocycles. The third-order valence-corrected chi connectivity index (χ3v) is 2.48. The highest BCUT2D eigenvalue weighted by molar-refractivity contribution is 5.77. The number of hydrogen-bond donors (Lipinski definition) is 0. The summed E-state index contributed by atoms with van der Waals surface area (Å²) in [6.07, 6.45) is 0.518. The third kappa shape index (κ3) is 1.98. The van der Waals surface area contributed by atoms with Gasteiger partial charge in [0.2, 0.25) is 0 Å². The van der Waals surface area contributed by atoms with Gasteiger partial charge in [-0.05, 0) is 12.1 Å². The number of nitriles is 1. The van der Waals surface area contributed by atoms with Gasteiger partial charge in [0.1, 0.15) is 5.52 Å². The zero-order chi connectivity index (χ0) is 11.5. The third-order valence-electron chi connectivity index (χ3n) is 2.48. The molecular weight excluding hydrogens is 202 g/mol. The number of oxazole rings is 1. The van der Waals surface area contributed by atoms with Crippen LogP contribution in [0.2, 0.25) is 0 Å². The van der Waals surface area contributed by atoms with Crippen LogP contribution in [0.25, 0.3) is 11.1 Å². The molecule has 0 saturated carbocycles. The minimum atomic E-state index is 0.518. The molecule has 0 spiro atoms. The van der Waals surface area contributed by atoms with Crippen molar-refractivity contribution in [2.75, 3.05) is 18.5 Å². The molecule has 2 rings (SSSR count). The van der Waals surface area contributed by atoms with E-state index >= 15 is 0 Å². The Hall–Kier alpha value is -2.02. The molecule has 0 bridgehead atoms. The van der Waals surface area contributed by atoms with Crippen LogP contribution in [0.5, 0.6) is 0 Å². The maximum absolute atomic E-state index is 8.53. The fourth-order valence-electron chi connectivity index (χ4n) is 1.61. The Morgan fingerprint density at radius 2 is 2.31 bits per heavy atom. The first-order chi connectivity index (χ1) is 7.70. The van der Waals surface area contributed by atoms with Crippen molar-refractivity contribution in [3.8, 4) is 6.07 Å². The summed E-state index contributed by atoms with van der Waals surface area (Å²) in [4.78, 5) is 6.27. The van der Waals surface area contributed by atoms with Crippen molar-refractivity contribution in [2.24, 2.45) is 0 Å². The Balaban J connectivity index is 2.28. The van der Waals surface area contributed by atoms with Gasteiger partial charge in [0.15, 0.2) is 11.5 Å². The molecule has 2 aromatic rings. The summed E-state index contributed by atoms with van der Waals surface area (Å²) < 4.78 is 5.46. The lowest BCUT2D eigenvalue weighted by atomic mass is 10.2. The summed E-state index contributed by atoms with van der Waals surface area (Å²) in [7, 11) is 1.96. The van der Waals surface area contributed by atoms with Crippen LogP contribution in [0.3, 0.4) is 0 Å². The van der Waals surface area contributed by atoms with E-state index in [1.54, 1.807) is 0 Å². The van der Waals surface area contributed by atoms with Gasteiger partial charge >= 0.3 is 0 Å². The van der Waals surface area contributed by atoms with Crippen LogP contribution in [0, 0.1) is 18.3 Å². The van der Waals surface area contributed by atoms with E-state index in [9.17, 15) is 0 Å². The van der Waals surface area contributed by atoms with E-state index in [0.717, 1.165) is 23.3 Å². The number of nitrogens with zero attached hydrogens (tertiary/aromatic N) is 3. The fraction of sp³-hybridized carbons (Fsp3) is 0.333. The Morgan fingerprint density at radius 1 is 1.50 bits per heavy atom. The molecule has 0 aliphatic carbocycles. The highest BCUT2D eigenvalue weighted by Gasteiger charge is 2.05. The predicted molar refractivity (Wildman–Crippen MR) is 62.2 cm³/mol. The molecule has 0 fully saturated rings. The SMILES string of the molecule is Cc1nc2ccc(N(C)CCC#N)cc2o1. The second-order valence-electron chi connectivity index (χ2n) is 3.71. The second-order valence-corrected chi connectivity index (χ2v) is 3.71. The molecule has 1 heterocycles. The van der Waals surface area contributed by atoms with E-state index in [1.165, 1.54) is 0 Å². The topological polar surface area (TPSA) is 53.1 Å². The number of aryl methyl sites for hydroxylation is 1. The summed E-state index contributed by atoms with van der Waals surface area (Å²) in [5.74, 6) is 0.673. The molecule has 0 N–H and O–H groups in total. The van der Waals surface area contributed by atoms with Crippen molar-refractivity contribution in [3.05, 3.63) is 24.1 Å². The Bertz CT molecular complexity index is 539. The maximum atomic E-state index is 8.53. The van der Waals surface area contributed by atoms with E-state index in [2.05, 4.69) is 11.1 Å². The van der Waals surface area contributed by atoms with Crippen molar-refractivity contribution in [1.29, 1.82) is 5.26 Å². The molecule has 0 aliphatic heterocycles. The van der Waals surface area contributed by atoms with Crippen molar-refractivity contribution < 1.29 is 4.42 Å². The number of benzene rings is 1. The van der Waals surface area contributed by atoms with Crippen LogP contribution in [-0.4, -0.2) is 18.6 Å². The van der Waals surface area contributed by atoms with Gasteiger partial charge in [-0.15, -0.1) is 0 Å². The minimum Gasteiger partial charge on any atom is -0.441 e. The van der Waals surface area contributed by atoms with Crippen molar-refractivity contribution >= 4 is 16.8 Å². The molecule has 1 aromatic heterocycles. The zero-order valence-electron chi connectivity index (χ0n) is 9.40. The normalized spacial score (nSPS) is 10.3. The summed E-state index contributed by atoms with van der Waals surface area (Å²) >= 11 is 0. The van der Waals surface area contributed by atoms with Crippen molar-refractivity contribution in [3.63, 3.8) is 0 Å². The smallest absolute Gasteiger partial charge is 0.192 e. The van der Waals surface area contributed by atoms with Gasteiger partial charge < -0.3 is 9.32 Å². The lowest BCUT2D eigenvalue weighted by Crippen LogP contribution is -2.17. The average molecular weight is 215 g/mol. The van der Waals surface area contributed by atoms with Gasteiger partial charge in [0.25, 0.3) is 0 Å². The molecule has 4 nitrogen and oxygen atoms in total. The van der Waals surface area contributed by atoms with Crippen molar-refractivity contribution in [1.82, 2.24) is 4.98 Å². The van der Waals surface area contributed by atoms with E-state index in [0.29, 0.717) is 12.3 Å². The fourth-order valence-corrected chi connectivity index (χ4v) is 1.61. The second kappa shape index (κ2) is 4.23. The molecule has 16 heavy (non-hydrogen) atoms. The summed E-state index contributed by atoms with van der Waals surface area (Å²) in [6.45, 7) is 2.55. The molecule has 0 aliphatic rings. The van der Waals surface area contributed by atoms with E-state index in [-0.39, 0.29) is 0 Å². The first kappa shape index (κ1) is 10.5. The van der Waals surface area contributed by atoms with E-state index in [1.807, 2.05) is 37.1 Å². The van der Waals surface area contributed by atoms with Crippen LogP contribution < -0.4 is 4.90 Å². The minimum absolute atomic E-state index is 0.518. The average Bonchev–Trinajstić information content (AvgIpc) is 2.64. The molecule has 0 radical (unpaired) electrons. The summed E-state index contributed by atoms with van der Waals surface area (Å²) in [6, 6.07) is 8.01. The molecule has 4 heteroatoms. The first-order valence-corrected chi connectivity index (χ1v) is 5.16. The lowest BCUT2D eigenvalue weighted by Gasteiger charge is -2.16. The van der Waals surface area contributed by atoms with Crippen LogP contribution >= 0.6 is 0 Å². The van der Waals surface area contributed by atoms with Gasteiger partial charge in [-0.25, -0.2) is 4.98 Å². The van der Waals surface area contributed by atoms with Gasteiger partial charge in [-0.3, -0.25) is 0 Å². The van der Waals surface area contributed by atoms with Gasteiger partial charge in [0.05, 0.1) is 12.5 Å². The standard InChI is InChI=1S/C12H13N3O/c1-9-14-11-5-4-10(8-12(11)16-9)15(2)7-3-6-13/h4-5,8H,3,7H2,1-2H3. The number of aromatic nitrogens is 1. The molecule has 0 amide bonds. The summed E-state index contributed by atoms with van der Waals surface area (Å²) in [5.41, 5.74) is 2.70. The van der Waals surface area contributed by atoms with Gasteiger partial charge in [-0.1, -0.05) is 0 Å². The lowest BCUT2D eigenvalue weighted by molar-refractivity contribution is 0.561. The monoisotopic (exact) mass is 215 g/mol. The number of anilines is 1. The zero-order valence-corrected chi connectivity index (χ0v) is 9.40. The van der Waals surface area contributed by atoms with E-state index in [4.69, 9.17) is 9.68 Å². The molecule has 82 valence electrons. The number of fused-ring (bicyclic) bond motifs is 1. The predicted octanol–water partition coefficient (Wildman–Crippen LogP) is 2.49. The maximum Gasteiger partial charge on any atom is 0.192 e. The molecular formula is C12H13N3O. The van der Waals surface area contributed by atoms with Crippen LogP contribution in [-0.2, 0) is 0 Å². The quantitative estimate of drug-likeness (QED) is 0.789. The van der Waals surface area contributed by atoms with Crippen LogP contribution in [0.1, 0.15) is 12.3 Å².